The summed E-state index contributed by atoms with van der Waals surface area (Å²) < 4.78 is 4.65. The molecule has 2 nitrogen and oxygen atoms in total. The molecule has 0 aliphatic heterocycles. The van der Waals surface area contributed by atoms with Crippen LogP contribution < -0.4 is 0 Å². The number of carbonyl (C=O) groups excluding carboxylic acids is 1. The number of fused-ring (bicyclic) bond motifs is 1. The van der Waals surface area contributed by atoms with Gasteiger partial charge in [-0.05, 0) is 23.3 Å². The van der Waals surface area contributed by atoms with Gasteiger partial charge in [-0.15, -0.1) is 0 Å². The lowest BCUT2D eigenvalue weighted by Crippen LogP contribution is -1.97. The minimum atomic E-state index is -0.288. The van der Waals surface area contributed by atoms with Crippen LogP contribution in [-0.2, 0) is 4.74 Å². The summed E-state index contributed by atoms with van der Waals surface area (Å²) in [5, 5.41) is 0. The van der Waals surface area contributed by atoms with E-state index in [1.54, 1.807) is 0 Å². The summed E-state index contributed by atoms with van der Waals surface area (Å²) in [5.41, 5.74) is 2.71. The fraction of sp³-hybridized carbons (Fsp3) is 0.0833. The smallest absolute Gasteiger partial charge is 0.337 e. The molecule has 0 unspecified atom stereocenters. The van der Waals surface area contributed by atoms with Gasteiger partial charge in [0.15, 0.2) is 0 Å². The number of rotatable bonds is 1. The van der Waals surface area contributed by atoms with Crippen LogP contribution in [0.4, 0.5) is 0 Å². The number of hydrogen-bond acceptors (Lipinski definition) is 2. The van der Waals surface area contributed by atoms with Crippen molar-refractivity contribution in [3.05, 3.63) is 48.0 Å². The number of methoxy groups -OCH3 is 1. The predicted molar refractivity (Wildman–Crippen MR) is 54.4 cm³/mol. The summed E-state index contributed by atoms with van der Waals surface area (Å²) in [5.74, 6) is -0.288. The Bertz CT molecular complexity index is 404. The molecule has 70 valence electrons. The largest absolute Gasteiger partial charge is 0.465 e. The third kappa shape index (κ3) is 1.46. The van der Waals surface area contributed by atoms with E-state index in [1.165, 1.54) is 7.11 Å². The Morgan fingerprint density at radius 3 is 2.14 bits per heavy atom. The van der Waals surface area contributed by atoms with Crippen molar-refractivity contribution in [1.29, 1.82) is 0 Å². The van der Waals surface area contributed by atoms with Crippen LogP contribution in [-0.4, -0.2) is 13.1 Å². The average molecular weight is 186 g/mol. The molecule has 0 aromatic rings. The van der Waals surface area contributed by atoms with Gasteiger partial charge in [0.25, 0.3) is 0 Å². The van der Waals surface area contributed by atoms with E-state index in [9.17, 15) is 4.79 Å². The van der Waals surface area contributed by atoms with Crippen LogP contribution in [0.5, 0.6) is 0 Å². The third-order valence-electron chi connectivity index (χ3n) is 2.15. The van der Waals surface area contributed by atoms with E-state index >= 15 is 0 Å². The molecule has 2 aliphatic rings. The number of ether oxygens (including phenoxy) is 1. The zero-order valence-electron chi connectivity index (χ0n) is 7.86. The Kier molecular flexibility index (Phi) is 2.19. The van der Waals surface area contributed by atoms with Gasteiger partial charge in [-0.25, -0.2) is 4.79 Å². The molecule has 0 aromatic carbocycles. The van der Waals surface area contributed by atoms with Crippen molar-refractivity contribution in [1.82, 2.24) is 0 Å². The summed E-state index contributed by atoms with van der Waals surface area (Å²) >= 11 is 0. The molecule has 14 heavy (non-hydrogen) atoms. The first-order valence-electron chi connectivity index (χ1n) is 4.38. The number of hydrogen-bond donors (Lipinski definition) is 0. The first-order valence-corrected chi connectivity index (χ1v) is 4.38. The summed E-state index contributed by atoms with van der Waals surface area (Å²) in [6.45, 7) is 0. The van der Waals surface area contributed by atoms with Gasteiger partial charge >= 0.3 is 5.97 Å². The molecule has 0 atom stereocenters. The predicted octanol–water partition coefficient (Wildman–Crippen LogP) is 2.58. The monoisotopic (exact) mass is 186 g/mol. The Balaban J connectivity index is 2.53. The highest BCUT2D eigenvalue weighted by Gasteiger charge is 2.10. The SMILES string of the molecule is COC(=O)c1cc2cccccc-2c1. The Labute approximate surface area is 82.5 Å². The van der Waals surface area contributed by atoms with E-state index in [4.69, 9.17) is 0 Å². The zero-order chi connectivity index (χ0) is 9.97. The van der Waals surface area contributed by atoms with E-state index in [0.29, 0.717) is 5.56 Å². The van der Waals surface area contributed by atoms with Crippen LogP contribution in [0.25, 0.3) is 11.1 Å². The standard InChI is InChI=1S/C12H10O2/c1-14-12(13)11-7-9-5-3-2-4-6-10(9)8-11/h2-8H,1H3. The summed E-state index contributed by atoms with van der Waals surface area (Å²) in [7, 11) is 1.39. The molecular formula is C12H10O2. The Morgan fingerprint density at radius 1 is 1.07 bits per heavy atom. The fourth-order valence-electron chi connectivity index (χ4n) is 1.45. The van der Waals surface area contributed by atoms with Gasteiger partial charge in [0.05, 0.1) is 12.7 Å². The molecule has 2 aliphatic carbocycles. The number of carbonyl (C=O) groups is 1. The second-order valence-electron chi connectivity index (χ2n) is 3.06. The van der Waals surface area contributed by atoms with Gasteiger partial charge in [0.1, 0.15) is 0 Å². The molecule has 0 aromatic heterocycles. The maximum absolute atomic E-state index is 11.2. The Morgan fingerprint density at radius 2 is 1.64 bits per heavy atom. The maximum Gasteiger partial charge on any atom is 0.337 e. The molecule has 0 amide bonds. The minimum absolute atomic E-state index is 0.288. The van der Waals surface area contributed by atoms with E-state index < -0.39 is 0 Å². The molecule has 0 radical (unpaired) electrons. The summed E-state index contributed by atoms with van der Waals surface area (Å²) in [6.07, 6.45) is 0. The van der Waals surface area contributed by atoms with Crippen molar-refractivity contribution in [2.45, 2.75) is 0 Å². The van der Waals surface area contributed by atoms with Crippen molar-refractivity contribution in [3.63, 3.8) is 0 Å². The summed E-state index contributed by atoms with van der Waals surface area (Å²) in [6, 6.07) is 13.5. The van der Waals surface area contributed by atoms with E-state index in [-0.39, 0.29) is 5.97 Å². The zero-order valence-corrected chi connectivity index (χ0v) is 7.86. The topological polar surface area (TPSA) is 26.3 Å². The lowest BCUT2D eigenvalue weighted by molar-refractivity contribution is 0.0601. The van der Waals surface area contributed by atoms with Crippen molar-refractivity contribution >= 4 is 5.97 Å². The molecule has 0 heterocycles. The first-order chi connectivity index (χ1) is 6.81. The van der Waals surface area contributed by atoms with E-state index in [2.05, 4.69) is 4.74 Å². The second kappa shape index (κ2) is 3.50. The molecular weight excluding hydrogens is 176 g/mol. The average Bonchev–Trinajstić information content (AvgIpc) is 2.49. The quantitative estimate of drug-likeness (QED) is 0.640. The third-order valence-corrected chi connectivity index (χ3v) is 2.15. The van der Waals surface area contributed by atoms with Gasteiger partial charge in [-0.2, -0.15) is 0 Å². The van der Waals surface area contributed by atoms with Gasteiger partial charge in [0.2, 0.25) is 0 Å². The summed E-state index contributed by atoms with van der Waals surface area (Å²) in [4.78, 5) is 11.2. The van der Waals surface area contributed by atoms with Crippen LogP contribution in [0.3, 0.4) is 0 Å². The molecule has 2 heteroatoms. The van der Waals surface area contributed by atoms with Crippen LogP contribution in [0.15, 0.2) is 42.5 Å². The van der Waals surface area contributed by atoms with E-state index in [1.807, 2.05) is 42.5 Å². The van der Waals surface area contributed by atoms with Crippen molar-refractivity contribution in [3.8, 4) is 11.1 Å². The van der Waals surface area contributed by atoms with Crippen LogP contribution in [0, 0.1) is 0 Å². The second-order valence-corrected chi connectivity index (χ2v) is 3.06. The lowest BCUT2D eigenvalue weighted by atomic mass is 10.2. The molecule has 0 saturated heterocycles. The van der Waals surface area contributed by atoms with Crippen LogP contribution in [0.1, 0.15) is 10.4 Å². The number of esters is 1. The fourth-order valence-corrected chi connectivity index (χ4v) is 1.45. The highest BCUT2D eigenvalue weighted by Crippen LogP contribution is 2.24. The molecule has 0 saturated carbocycles. The highest BCUT2D eigenvalue weighted by atomic mass is 16.5. The maximum atomic E-state index is 11.2. The van der Waals surface area contributed by atoms with E-state index in [0.717, 1.165) is 11.1 Å². The normalized spacial score (nSPS) is 10.1. The van der Waals surface area contributed by atoms with Crippen molar-refractivity contribution in [2.24, 2.45) is 0 Å². The molecule has 0 N–H and O–H groups in total. The van der Waals surface area contributed by atoms with Gasteiger partial charge in [-0.1, -0.05) is 30.3 Å². The lowest BCUT2D eigenvalue weighted by Gasteiger charge is -1.91. The minimum Gasteiger partial charge on any atom is -0.465 e. The van der Waals surface area contributed by atoms with Crippen molar-refractivity contribution < 1.29 is 9.53 Å². The van der Waals surface area contributed by atoms with Crippen LogP contribution in [0.2, 0.25) is 0 Å². The molecule has 0 bridgehead atoms. The van der Waals surface area contributed by atoms with Gasteiger partial charge in [0, 0.05) is 0 Å². The highest BCUT2D eigenvalue weighted by molar-refractivity contribution is 5.94. The molecule has 0 spiro atoms. The Hall–Kier alpha value is -1.83. The molecule has 2 rings (SSSR count). The van der Waals surface area contributed by atoms with Crippen molar-refractivity contribution in [2.75, 3.05) is 7.11 Å². The molecule has 0 fully saturated rings. The first kappa shape index (κ1) is 8.75. The van der Waals surface area contributed by atoms with Crippen LogP contribution >= 0.6 is 0 Å². The van der Waals surface area contributed by atoms with Gasteiger partial charge < -0.3 is 4.74 Å². The van der Waals surface area contributed by atoms with Gasteiger partial charge in [-0.3, -0.25) is 0 Å².